The van der Waals surface area contributed by atoms with Crippen molar-refractivity contribution >= 4 is 10.0 Å². The van der Waals surface area contributed by atoms with E-state index in [0.717, 1.165) is 0 Å². The molecule has 1 aliphatic carbocycles. The second kappa shape index (κ2) is 6.53. The molecule has 0 bridgehead atoms. The molecule has 25 heavy (non-hydrogen) atoms. The fourth-order valence-corrected chi connectivity index (χ4v) is 5.04. The van der Waals surface area contributed by atoms with Crippen LogP contribution in [0, 0.1) is 0 Å². The number of hydrogen-bond acceptors (Lipinski definition) is 6. The SMILES string of the molecule is Cn1cc(S(=O)(=O)N2CCN(C3(CN)CCC(F)(F)CC3)CC2)nn1. The lowest BCUT2D eigenvalue weighted by Crippen LogP contribution is -2.62. The zero-order valence-electron chi connectivity index (χ0n) is 14.2. The van der Waals surface area contributed by atoms with Crippen LogP contribution in [0.15, 0.2) is 11.2 Å². The Morgan fingerprint density at radius 2 is 1.76 bits per heavy atom. The summed E-state index contributed by atoms with van der Waals surface area (Å²) in [6.45, 7) is 1.83. The molecule has 0 amide bonds. The highest BCUT2D eigenvalue weighted by atomic mass is 32.2. The Labute approximate surface area is 146 Å². The van der Waals surface area contributed by atoms with Crippen molar-refractivity contribution < 1.29 is 17.2 Å². The van der Waals surface area contributed by atoms with Gasteiger partial charge in [0, 0.05) is 58.2 Å². The molecule has 142 valence electrons. The van der Waals surface area contributed by atoms with E-state index in [2.05, 4.69) is 15.2 Å². The summed E-state index contributed by atoms with van der Waals surface area (Å²) in [4.78, 5) is 2.09. The number of aryl methyl sites for hydroxylation is 1. The van der Waals surface area contributed by atoms with Crippen LogP contribution >= 0.6 is 0 Å². The number of halogens is 2. The molecule has 2 N–H and O–H groups in total. The van der Waals surface area contributed by atoms with Crippen LogP contribution in [0.2, 0.25) is 0 Å². The standard InChI is InChI=1S/C14H24F2N6O2S/c1-20-10-12(18-19-20)25(23,24)22-8-6-21(7-9-22)13(11-17)2-4-14(15,16)5-3-13/h10H,2-9,11,17H2,1H3. The summed E-state index contributed by atoms with van der Waals surface area (Å²) in [6, 6.07) is 0. The van der Waals surface area contributed by atoms with Gasteiger partial charge in [0.15, 0.2) is 0 Å². The summed E-state index contributed by atoms with van der Waals surface area (Å²) in [6.07, 6.45) is 1.72. The van der Waals surface area contributed by atoms with Gasteiger partial charge in [-0.05, 0) is 12.8 Å². The van der Waals surface area contributed by atoms with Gasteiger partial charge in [0.2, 0.25) is 10.9 Å². The van der Waals surface area contributed by atoms with E-state index in [4.69, 9.17) is 5.73 Å². The molecule has 1 saturated carbocycles. The lowest BCUT2D eigenvalue weighted by atomic mass is 9.78. The van der Waals surface area contributed by atoms with Crippen molar-refractivity contribution in [1.29, 1.82) is 0 Å². The van der Waals surface area contributed by atoms with E-state index in [1.54, 1.807) is 7.05 Å². The predicted octanol–water partition coefficient (Wildman–Crippen LogP) is 0.0282. The molecule has 2 aliphatic rings. The molecule has 11 heteroatoms. The van der Waals surface area contributed by atoms with Crippen molar-refractivity contribution in [3.05, 3.63) is 6.20 Å². The van der Waals surface area contributed by atoms with Crippen molar-refractivity contribution in [1.82, 2.24) is 24.2 Å². The van der Waals surface area contributed by atoms with Crippen LogP contribution < -0.4 is 5.73 Å². The molecule has 0 aromatic carbocycles. The van der Waals surface area contributed by atoms with Gasteiger partial charge in [-0.1, -0.05) is 5.21 Å². The van der Waals surface area contributed by atoms with E-state index in [0.29, 0.717) is 32.5 Å². The van der Waals surface area contributed by atoms with Crippen molar-refractivity contribution in [2.24, 2.45) is 12.8 Å². The van der Waals surface area contributed by atoms with E-state index in [1.165, 1.54) is 15.2 Å². The zero-order chi connectivity index (χ0) is 18.3. The molecule has 0 unspecified atom stereocenters. The van der Waals surface area contributed by atoms with Crippen molar-refractivity contribution in [2.75, 3.05) is 32.7 Å². The minimum absolute atomic E-state index is 0.0747. The number of nitrogens with zero attached hydrogens (tertiary/aromatic N) is 5. The number of piperazine rings is 1. The Balaban J connectivity index is 1.67. The second-order valence-electron chi connectivity index (χ2n) is 6.91. The van der Waals surface area contributed by atoms with E-state index in [-0.39, 0.29) is 31.0 Å². The average molecular weight is 378 g/mol. The molecule has 2 fully saturated rings. The van der Waals surface area contributed by atoms with Crippen LogP contribution in [-0.2, 0) is 17.1 Å². The van der Waals surface area contributed by atoms with E-state index in [1.807, 2.05) is 0 Å². The number of rotatable bonds is 4. The van der Waals surface area contributed by atoms with Crippen LogP contribution in [0.25, 0.3) is 0 Å². The Morgan fingerprint density at radius 3 is 2.24 bits per heavy atom. The first-order chi connectivity index (χ1) is 11.7. The van der Waals surface area contributed by atoms with E-state index in [9.17, 15) is 17.2 Å². The summed E-state index contributed by atoms with van der Waals surface area (Å²) in [5.74, 6) is -2.62. The van der Waals surface area contributed by atoms with Crippen LogP contribution in [0.4, 0.5) is 8.78 Å². The second-order valence-corrected chi connectivity index (χ2v) is 8.79. The first kappa shape index (κ1) is 18.6. The highest BCUT2D eigenvalue weighted by Gasteiger charge is 2.47. The monoisotopic (exact) mass is 378 g/mol. The molecule has 1 aliphatic heterocycles. The van der Waals surface area contributed by atoms with Gasteiger partial charge in [-0.3, -0.25) is 9.58 Å². The van der Waals surface area contributed by atoms with E-state index < -0.39 is 21.5 Å². The minimum Gasteiger partial charge on any atom is -0.329 e. The van der Waals surface area contributed by atoms with Gasteiger partial charge in [-0.25, -0.2) is 17.2 Å². The quantitative estimate of drug-likeness (QED) is 0.794. The molecule has 1 aromatic heterocycles. The third-order valence-corrected chi connectivity index (χ3v) is 7.15. The summed E-state index contributed by atoms with van der Waals surface area (Å²) >= 11 is 0. The minimum atomic E-state index is -3.68. The Morgan fingerprint density at radius 1 is 1.16 bits per heavy atom. The third-order valence-electron chi connectivity index (χ3n) is 5.39. The fourth-order valence-electron chi connectivity index (χ4n) is 3.71. The number of hydrogen-bond donors (Lipinski definition) is 1. The summed E-state index contributed by atoms with van der Waals surface area (Å²) in [5, 5.41) is 7.28. The predicted molar refractivity (Wildman–Crippen MR) is 86.5 cm³/mol. The van der Waals surface area contributed by atoms with Gasteiger partial charge < -0.3 is 5.73 Å². The van der Waals surface area contributed by atoms with E-state index >= 15 is 0 Å². The summed E-state index contributed by atoms with van der Waals surface area (Å²) < 4.78 is 54.9. The highest BCUT2D eigenvalue weighted by Crippen LogP contribution is 2.41. The normalized spacial score (nSPS) is 25.1. The fraction of sp³-hybridized carbons (Fsp3) is 0.857. The van der Waals surface area contributed by atoms with Crippen molar-refractivity contribution in [2.45, 2.75) is 42.2 Å². The van der Waals surface area contributed by atoms with Gasteiger partial charge in [-0.2, -0.15) is 4.31 Å². The molecule has 8 nitrogen and oxygen atoms in total. The lowest BCUT2D eigenvalue weighted by Gasteiger charge is -2.50. The first-order valence-corrected chi connectivity index (χ1v) is 9.82. The maximum absolute atomic E-state index is 13.5. The molecule has 2 heterocycles. The lowest BCUT2D eigenvalue weighted by molar-refractivity contribution is -0.0841. The Kier molecular flexibility index (Phi) is 4.86. The van der Waals surface area contributed by atoms with Crippen LogP contribution in [0.5, 0.6) is 0 Å². The molecule has 1 saturated heterocycles. The number of aromatic nitrogens is 3. The third kappa shape index (κ3) is 3.55. The highest BCUT2D eigenvalue weighted by molar-refractivity contribution is 7.89. The van der Waals surface area contributed by atoms with Crippen molar-refractivity contribution in [3.63, 3.8) is 0 Å². The van der Waals surface area contributed by atoms with Crippen molar-refractivity contribution in [3.8, 4) is 0 Å². The molecular formula is C14H24F2N6O2S. The summed E-state index contributed by atoms with van der Waals surface area (Å²) in [7, 11) is -2.07. The Hall–Kier alpha value is -1.17. The average Bonchev–Trinajstić information content (AvgIpc) is 3.03. The van der Waals surface area contributed by atoms with Crippen LogP contribution in [0.1, 0.15) is 25.7 Å². The molecule has 3 rings (SSSR count). The molecular weight excluding hydrogens is 354 g/mol. The number of nitrogens with two attached hydrogens (primary N) is 1. The number of sulfonamides is 1. The maximum atomic E-state index is 13.5. The molecule has 0 spiro atoms. The van der Waals surface area contributed by atoms with Crippen LogP contribution in [0.3, 0.4) is 0 Å². The molecule has 0 radical (unpaired) electrons. The maximum Gasteiger partial charge on any atom is 0.264 e. The van der Waals surface area contributed by atoms with Crippen LogP contribution in [-0.4, -0.2) is 76.8 Å². The Bertz CT molecular complexity index is 705. The smallest absolute Gasteiger partial charge is 0.264 e. The molecule has 1 aromatic rings. The van der Waals surface area contributed by atoms with Gasteiger partial charge >= 0.3 is 0 Å². The van der Waals surface area contributed by atoms with Gasteiger partial charge in [0.1, 0.15) is 0 Å². The number of alkyl halides is 2. The van der Waals surface area contributed by atoms with Gasteiger partial charge in [0.05, 0.1) is 6.20 Å². The first-order valence-electron chi connectivity index (χ1n) is 8.38. The zero-order valence-corrected chi connectivity index (χ0v) is 15.1. The summed E-state index contributed by atoms with van der Waals surface area (Å²) in [5.41, 5.74) is 5.48. The van der Waals surface area contributed by atoms with Gasteiger partial charge in [-0.15, -0.1) is 5.10 Å². The largest absolute Gasteiger partial charge is 0.329 e. The van der Waals surface area contributed by atoms with Gasteiger partial charge in [0.25, 0.3) is 10.0 Å². The molecule has 0 atom stereocenters. The topological polar surface area (TPSA) is 97.4 Å².